The number of nitrogens with two attached hydrogens (primary N) is 1. The van der Waals surface area contributed by atoms with E-state index in [1.54, 1.807) is 7.11 Å². The van der Waals surface area contributed by atoms with Gasteiger partial charge in [-0.2, -0.15) is 0 Å². The molecule has 1 aliphatic rings. The Balaban J connectivity index is 1.83. The van der Waals surface area contributed by atoms with Crippen LogP contribution in [-0.2, 0) is 6.54 Å². The normalized spacial score (nSPS) is 13.6. The maximum Gasteiger partial charge on any atom is 0.248 e. The van der Waals surface area contributed by atoms with Crippen molar-refractivity contribution in [3.63, 3.8) is 0 Å². The maximum absolute atomic E-state index is 11.5. The number of primary amides is 1. The predicted octanol–water partition coefficient (Wildman–Crippen LogP) is 4.65. The number of methoxy groups -OCH3 is 1. The first kappa shape index (κ1) is 17.4. The van der Waals surface area contributed by atoms with Gasteiger partial charge < -0.3 is 15.0 Å². The van der Waals surface area contributed by atoms with Crippen LogP contribution in [0.1, 0.15) is 28.8 Å². The summed E-state index contributed by atoms with van der Waals surface area (Å²) < 4.78 is 7.64. The zero-order chi connectivity index (χ0) is 19.0. The van der Waals surface area contributed by atoms with Crippen LogP contribution in [0.15, 0.2) is 54.7 Å². The molecule has 0 atom stereocenters. The summed E-state index contributed by atoms with van der Waals surface area (Å²) in [5, 5.41) is 0. The fraction of sp³-hybridized carbons (Fsp3) is 0.261. The maximum atomic E-state index is 11.5. The van der Waals surface area contributed by atoms with Crippen molar-refractivity contribution in [3.8, 4) is 28.1 Å². The van der Waals surface area contributed by atoms with Gasteiger partial charge in [0.15, 0.2) is 0 Å². The van der Waals surface area contributed by atoms with Gasteiger partial charge in [-0.1, -0.05) is 18.2 Å². The smallest absolute Gasteiger partial charge is 0.248 e. The van der Waals surface area contributed by atoms with Crippen molar-refractivity contribution in [2.24, 2.45) is 11.7 Å². The van der Waals surface area contributed by atoms with Crippen molar-refractivity contribution < 1.29 is 9.53 Å². The number of hydrogen-bond acceptors (Lipinski definition) is 2. The standard InChI is InChI=1S/C23H24N2O2/c1-15-13-18(23(24)26)7-10-20(15)22-21(11-12-25(22)14-16-3-4-16)17-5-8-19(27-2)9-6-17/h5-13,16H,3-4,14H2,1-2H3,(H2,24,26). The molecule has 4 heteroatoms. The minimum Gasteiger partial charge on any atom is -0.497 e. The lowest BCUT2D eigenvalue weighted by Gasteiger charge is -2.15. The van der Waals surface area contributed by atoms with Crippen molar-refractivity contribution in [2.75, 3.05) is 7.11 Å². The van der Waals surface area contributed by atoms with E-state index < -0.39 is 5.91 Å². The third-order valence-corrected chi connectivity index (χ3v) is 5.28. The molecule has 0 unspecified atom stereocenters. The largest absolute Gasteiger partial charge is 0.497 e. The fourth-order valence-electron chi connectivity index (χ4n) is 3.59. The van der Waals surface area contributed by atoms with Crippen LogP contribution in [-0.4, -0.2) is 17.6 Å². The fourth-order valence-corrected chi connectivity index (χ4v) is 3.59. The van der Waals surface area contributed by atoms with Gasteiger partial charge in [0.25, 0.3) is 0 Å². The molecule has 1 heterocycles. The highest BCUT2D eigenvalue weighted by molar-refractivity contribution is 5.94. The van der Waals surface area contributed by atoms with E-state index in [4.69, 9.17) is 10.5 Å². The first-order valence-electron chi connectivity index (χ1n) is 9.31. The van der Waals surface area contributed by atoms with Gasteiger partial charge in [0.05, 0.1) is 12.8 Å². The lowest BCUT2D eigenvalue weighted by Crippen LogP contribution is -2.11. The van der Waals surface area contributed by atoms with Crippen LogP contribution in [0.3, 0.4) is 0 Å². The molecule has 4 nitrogen and oxygen atoms in total. The number of carbonyl (C=O) groups excluding carboxylic acids is 1. The average Bonchev–Trinajstić information content (AvgIpc) is 3.40. The molecule has 1 aromatic heterocycles. The van der Waals surface area contributed by atoms with Gasteiger partial charge in [-0.3, -0.25) is 4.79 Å². The van der Waals surface area contributed by atoms with Crippen molar-refractivity contribution >= 4 is 5.91 Å². The van der Waals surface area contributed by atoms with Crippen LogP contribution in [0.25, 0.3) is 22.4 Å². The molecule has 0 aliphatic heterocycles. The highest BCUT2D eigenvalue weighted by Gasteiger charge is 2.24. The SMILES string of the molecule is COc1ccc(-c2ccn(CC3CC3)c2-c2ccc(C(N)=O)cc2C)cc1. The highest BCUT2D eigenvalue weighted by Crippen LogP contribution is 2.39. The minimum absolute atomic E-state index is 0.395. The summed E-state index contributed by atoms with van der Waals surface area (Å²) in [7, 11) is 1.68. The van der Waals surface area contributed by atoms with E-state index in [0.29, 0.717) is 5.56 Å². The third kappa shape index (κ3) is 3.47. The van der Waals surface area contributed by atoms with E-state index in [2.05, 4.69) is 29.0 Å². The summed E-state index contributed by atoms with van der Waals surface area (Å²) in [6, 6.07) is 16.0. The van der Waals surface area contributed by atoms with E-state index in [0.717, 1.165) is 34.9 Å². The molecule has 2 aromatic carbocycles. The Bertz CT molecular complexity index is 982. The second-order valence-electron chi connectivity index (χ2n) is 7.30. The summed E-state index contributed by atoms with van der Waals surface area (Å²) in [6.45, 7) is 3.07. The van der Waals surface area contributed by atoms with E-state index >= 15 is 0 Å². The zero-order valence-electron chi connectivity index (χ0n) is 15.7. The Morgan fingerprint density at radius 1 is 1.11 bits per heavy atom. The number of benzene rings is 2. The molecule has 1 fully saturated rings. The van der Waals surface area contributed by atoms with Gasteiger partial charge >= 0.3 is 0 Å². The van der Waals surface area contributed by atoms with Crippen LogP contribution in [0, 0.1) is 12.8 Å². The predicted molar refractivity (Wildman–Crippen MR) is 108 cm³/mol. The number of nitrogens with zero attached hydrogens (tertiary/aromatic N) is 1. The number of ether oxygens (including phenoxy) is 1. The molecule has 3 aromatic rings. The van der Waals surface area contributed by atoms with Crippen molar-refractivity contribution in [2.45, 2.75) is 26.3 Å². The lowest BCUT2D eigenvalue weighted by atomic mass is 9.96. The second kappa shape index (κ2) is 6.95. The van der Waals surface area contributed by atoms with Crippen molar-refractivity contribution in [3.05, 3.63) is 65.9 Å². The quantitative estimate of drug-likeness (QED) is 0.696. The number of amides is 1. The third-order valence-electron chi connectivity index (χ3n) is 5.28. The topological polar surface area (TPSA) is 57.2 Å². The van der Waals surface area contributed by atoms with Crippen molar-refractivity contribution in [1.29, 1.82) is 0 Å². The van der Waals surface area contributed by atoms with E-state index in [-0.39, 0.29) is 0 Å². The first-order valence-corrected chi connectivity index (χ1v) is 9.31. The van der Waals surface area contributed by atoms with Gasteiger partial charge in [-0.15, -0.1) is 0 Å². The van der Waals surface area contributed by atoms with Crippen LogP contribution >= 0.6 is 0 Å². The van der Waals surface area contributed by atoms with Crippen LogP contribution in [0.4, 0.5) is 0 Å². The Morgan fingerprint density at radius 3 is 2.44 bits per heavy atom. The van der Waals surface area contributed by atoms with Crippen LogP contribution in [0.2, 0.25) is 0 Å². The van der Waals surface area contributed by atoms with Crippen LogP contribution < -0.4 is 10.5 Å². The Kier molecular flexibility index (Phi) is 4.48. The summed E-state index contributed by atoms with van der Waals surface area (Å²) in [4.78, 5) is 11.5. The second-order valence-corrected chi connectivity index (χ2v) is 7.30. The molecule has 4 rings (SSSR count). The van der Waals surface area contributed by atoms with Gasteiger partial charge in [-0.05, 0) is 67.1 Å². The van der Waals surface area contributed by atoms with Gasteiger partial charge in [0.1, 0.15) is 5.75 Å². The van der Waals surface area contributed by atoms with Crippen LogP contribution in [0.5, 0.6) is 5.75 Å². The van der Waals surface area contributed by atoms with E-state index in [9.17, 15) is 4.79 Å². The Hall–Kier alpha value is -3.01. The number of carbonyl (C=O) groups is 1. The van der Waals surface area contributed by atoms with Gasteiger partial charge in [-0.25, -0.2) is 0 Å². The minimum atomic E-state index is -0.395. The zero-order valence-corrected chi connectivity index (χ0v) is 15.7. The van der Waals surface area contributed by atoms with E-state index in [1.165, 1.54) is 24.1 Å². The molecule has 2 N–H and O–H groups in total. The summed E-state index contributed by atoms with van der Waals surface area (Å²) in [5.41, 5.74) is 11.7. The molecule has 0 saturated heterocycles. The Labute approximate surface area is 159 Å². The molecule has 27 heavy (non-hydrogen) atoms. The number of hydrogen-bond donors (Lipinski definition) is 1. The lowest BCUT2D eigenvalue weighted by molar-refractivity contribution is 0.1000. The van der Waals surface area contributed by atoms with E-state index in [1.807, 2.05) is 37.3 Å². The summed E-state index contributed by atoms with van der Waals surface area (Å²) in [5.74, 6) is 1.22. The summed E-state index contributed by atoms with van der Waals surface area (Å²) >= 11 is 0. The molecule has 1 saturated carbocycles. The molecule has 0 spiro atoms. The van der Waals surface area contributed by atoms with Gasteiger partial charge in [0, 0.05) is 29.4 Å². The monoisotopic (exact) mass is 360 g/mol. The molecule has 0 bridgehead atoms. The molecular formula is C23H24N2O2. The Morgan fingerprint density at radius 2 is 1.85 bits per heavy atom. The highest BCUT2D eigenvalue weighted by atomic mass is 16.5. The number of aryl methyl sites for hydroxylation is 1. The molecule has 0 radical (unpaired) electrons. The molecule has 1 aliphatic carbocycles. The van der Waals surface area contributed by atoms with Gasteiger partial charge in [0.2, 0.25) is 5.91 Å². The molecule has 1 amide bonds. The molecule has 138 valence electrons. The van der Waals surface area contributed by atoms with Crippen molar-refractivity contribution in [1.82, 2.24) is 4.57 Å². The number of aromatic nitrogens is 1. The number of rotatable bonds is 6. The first-order chi connectivity index (χ1) is 13.1. The average molecular weight is 360 g/mol. The summed E-state index contributed by atoms with van der Waals surface area (Å²) in [6.07, 6.45) is 4.78. The molecular weight excluding hydrogens is 336 g/mol.